The molecule has 0 bridgehead atoms. The van der Waals surface area contributed by atoms with Crippen molar-refractivity contribution >= 4 is 48.9 Å². The fourth-order valence-electron chi connectivity index (χ4n) is 2.86. The van der Waals surface area contributed by atoms with Crippen molar-refractivity contribution in [1.29, 1.82) is 0 Å². The quantitative estimate of drug-likeness (QED) is 0.538. The molecule has 1 aliphatic carbocycles. The Morgan fingerprint density at radius 1 is 1.09 bits per heavy atom. The molecule has 0 aromatic heterocycles. The van der Waals surface area contributed by atoms with Crippen LogP contribution in [-0.4, -0.2) is 51.4 Å². The molecular formula is C16H23BrLiO4P. The molecule has 0 aliphatic heterocycles. The van der Waals surface area contributed by atoms with Crippen molar-refractivity contribution < 1.29 is 19.0 Å². The van der Waals surface area contributed by atoms with E-state index >= 15 is 0 Å². The predicted molar refractivity (Wildman–Crippen MR) is 100 cm³/mol. The zero-order chi connectivity index (χ0) is 16.1. The van der Waals surface area contributed by atoms with Crippen LogP contribution in [0.25, 0.3) is 0 Å². The monoisotopic (exact) mass is 396 g/mol. The number of benzene rings is 1. The molecule has 2 rings (SSSR count). The van der Waals surface area contributed by atoms with Gasteiger partial charge in [-0.25, -0.2) is 0 Å². The Labute approximate surface area is 160 Å². The molecule has 0 amide bonds. The maximum atomic E-state index is 12.9. The Morgan fingerprint density at radius 2 is 1.70 bits per heavy atom. The van der Waals surface area contributed by atoms with Gasteiger partial charge in [-0.15, -0.1) is 0 Å². The van der Waals surface area contributed by atoms with Crippen LogP contribution in [0.15, 0.2) is 10.5 Å². The van der Waals surface area contributed by atoms with E-state index in [0.29, 0.717) is 32.9 Å². The van der Waals surface area contributed by atoms with Gasteiger partial charge in [0, 0.05) is 6.07 Å². The van der Waals surface area contributed by atoms with Crippen LogP contribution in [-0.2, 0) is 0 Å². The minimum absolute atomic E-state index is 0. The van der Waals surface area contributed by atoms with Gasteiger partial charge < -0.3 is 14.2 Å². The Morgan fingerprint density at radius 3 is 2.22 bits per heavy atom. The molecule has 1 aromatic rings. The Balaban J connectivity index is 0.00000264. The van der Waals surface area contributed by atoms with E-state index in [1.165, 1.54) is 19.3 Å². The van der Waals surface area contributed by atoms with Crippen LogP contribution in [0.5, 0.6) is 17.2 Å². The average Bonchev–Trinajstić information content (AvgIpc) is 2.54. The van der Waals surface area contributed by atoms with Crippen molar-refractivity contribution in [3.8, 4) is 17.2 Å². The molecule has 0 heterocycles. The molecule has 0 radical (unpaired) electrons. The summed E-state index contributed by atoms with van der Waals surface area (Å²) in [5, 5.41) is 0. The van der Waals surface area contributed by atoms with Gasteiger partial charge in [-0.05, 0) is 43.0 Å². The topological polar surface area (TPSA) is 44.8 Å². The SMILES string of the molecule is COc1cc(Br)c(OC)c(C(=O)PC2CCCCC2)c1OC.[LiH]. The molecule has 0 spiro atoms. The van der Waals surface area contributed by atoms with Gasteiger partial charge in [-0.3, -0.25) is 4.79 Å². The van der Waals surface area contributed by atoms with Crippen molar-refractivity contribution in [1.82, 2.24) is 0 Å². The number of methoxy groups -OCH3 is 3. The molecule has 1 fully saturated rings. The number of hydrogen-bond donors (Lipinski definition) is 0. The summed E-state index contributed by atoms with van der Waals surface area (Å²) in [6, 6.07) is 1.76. The maximum absolute atomic E-state index is 12.9. The van der Waals surface area contributed by atoms with Crippen molar-refractivity contribution in [2.24, 2.45) is 0 Å². The number of carbonyl (C=O) groups excluding carboxylic acids is 1. The number of hydrogen-bond acceptors (Lipinski definition) is 4. The first-order chi connectivity index (χ1) is 10.6. The zero-order valence-electron chi connectivity index (χ0n) is 13.2. The van der Waals surface area contributed by atoms with Crippen LogP contribution in [0.2, 0.25) is 0 Å². The van der Waals surface area contributed by atoms with Gasteiger partial charge in [-0.2, -0.15) is 0 Å². The van der Waals surface area contributed by atoms with Crippen LogP contribution in [0.1, 0.15) is 42.5 Å². The molecule has 4 nitrogen and oxygen atoms in total. The van der Waals surface area contributed by atoms with Gasteiger partial charge in [0.05, 0.1) is 25.8 Å². The first-order valence-electron chi connectivity index (χ1n) is 7.41. The molecule has 1 unspecified atom stereocenters. The van der Waals surface area contributed by atoms with Crippen molar-refractivity contribution in [3.05, 3.63) is 16.1 Å². The van der Waals surface area contributed by atoms with E-state index < -0.39 is 0 Å². The molecule has 1 aromatic carbocycles. The summed E-state index contributed by atoms with van der Waals surface area (Å²) in [6.07, 6.45) is 6.01. The van der Waals surface area contributed by atoms with Gasteiger partial charge in [0.2, 0.25) is 0 Å². The van der Waals surface area contributed by atoms with Gasteiger partial charge in [0.15, 0.2) is 17.0 Å². The van der Waals surface area contributed by atoms with Gasteiger partial charge in [-0.1, -0.05) is 19.3 Å². The van der Waals surface area contributed by atoms with E-state index in [2.05, 4.69) is 15.9 Å². The third kappa shape index (κ3) is 4.89. The summed E-state index contributed by atoms with van der Waals surface area (Å²) in [5.41, 5.74) is 1.06. The average molecular weight is 397 g/mol. The summed E-state index contributed by atoms with van der Waals surface area (Å²) in [4.78, 5) is 12.9. The fourth-order valence-corrected chi connectivity index (χ4v) is 4.86. The zero-order valence-corrected chi connectivity index (χ0v) is 15.8. The second-order valence-corrected chi connectivity index (χ2v) is 7.72. The third-order valence-corrected chi connectivity index (χ3v) is 6.04. The standard InChI is InChI=1S/C16H22BrO4P.Li.H/c1-19-12-9-11(17)14(20-2)13(15(12)21-3)16(18)22-10-7-5-4-6-8-10;;/h9-10,22H,4-8H2,1-3H3;;. The normalized spacial score (nSPS) is 15.3. The molecule has 23 heavy (non-hydrogen) atoms. The number of halogens is 1. The van der Waals surface area contributed by atoms with Crippen LogP contribution < -0.4 is 14.2 Å². The Bertz CT molecular complexity index is 547. The molecule has 1 saturated carbocycles. The van der Waals surface area contributed by atoms with Crippen molar-refractivity contribution in [2.75, 3.05) is 21.3 Å². The summed E-state index contributed by atoms with van der Waals surface area (Å²) in [7, 11) is 4.92. The van der Waals surface area contributed by atoms with E-state index in [-0.39, 0.29) is 33.0 Å². The summed E-state index contributed by atoms with van der Waals surface area (Å²) < 4.78 is 16.9. The van der Waals surface area contributed by atoms with Crippen LogP contribution in [0.3, 0.4) is 0 Å². The van der Waals surface area contributed by atoms with Crippen molar-refractivity contribution in [2.45, 2.75) is 37.8 Å². The van der Waals surface area contributed by atoms with Gasteiger partial charge in [0.25, 0.3) is 0 Å². The number of carbonyl (C=O) groups is 1. The minimum atomic E-state index is 0. The van der Waals surface area contributed by atoms with E-state index in [1.807, 2.05) is 0 Å². The van der Waals surface area contributed by atoms with E-state index in [4.69, 9.17) is 14.2 Å². The fraction of sp³-hybridized carbons (Fsp3) is 0.562. The van der Waals surface area contributed by atoms with Crippen LogP contribution in [0.4, 0.5) is 0 Å². The first-order valence-corrected chi connectivity index (χ1v) is 9.28. The number of ether oxygens (including phenoxy) is 3. The summed E-state index contributed by atoms with van der Waals surface area (Å²) in [5.74, 6) is 1.51. The molecule has 124 valence electrons. The molecular weight excluding hydrogens is 374 g/mol. The van der Waals surface area contributed by atoms with Crippen LogP contribution in [0, 0.1) is 0 Å². The van der Waals surface area contributed by atoms with E-state index in [9.17, 15) is 4.79 Å². The van der Waals surface area contributed by atoms with Crippen molar-refractivity contribution in [3.63, 3.8) is 0 Å². The second-order valence-electron chi connectivity index (χ2n) is 5.31. The molecule has 7 heteroatoms. The van der Waals surface area contributed by atoms with Crippen LogP contribution >= 0.6 is 24.5 Å². The molecule has 0 N–H and O–H groups in total. The second kappa shape index (κ2) is 9.94. The van der Waals surface area contributed by atoms with E-state index in [0.717, 1.165) is 12.8 Å². The predicted octanol–water partition coefficient (Wildman–Crippen LogP) is 3.98. The van der Waals surface area contributed by atoms with Gasteiger partial charge in [0.1, 0.15) is 11.3 Å². The molecule has 1 atom stereocenters. The summed E-state index contributed by atoms with van der Waals surface area (Å²) in [6.45, 7) is 0. The Kier molecular flexibility index (Phi) is 9.01. The molecule has 0 saturated heterocycles. The third-order valence-electron chi connectivity index (χ3n) is 3.95. The summed E-state index contributed by atoms with van der Waals surface area (Å²) >= 11 is 3.45. The Hall–Kier alpha value is -0.203. The van der Waals surface area contributed by atoms with E-state index in [1.54, 1.807) is 27.4 Å². The molecule has 1 aliphatic rings. The van der Waals surface area contributed by atoms with Gasteiger partial charge >= 0.3 is 18.9 Å². The first kappa shape index (κ1) is 20.8. The number of rotatable bonds is 6.